The van der Waals surface area contributed by atoms with E-state index in [4.69, 9.17) is 11.6 Å². The Labute approximate surface area is 116 Å². The Morgan fingerprint density at radius 1 is 1.37 bits per heavy atom. The minimum Gasteiger partial charge on any atom is -0.324 e. The van der Waals surface area contributed by atoms with Gasteiger partial charge in [0.15, 0.2) is 0 Å². The maximum absolute atomic E-state index is 12.1. The van der Waals surface area contributed by atoms with E-state index < -0.39 is 5.41 Å². The van der Waals surface area contributed by atoms with Gasteiger partial charge in [-0.2, -0.15) is 5.10 Å². The molecule has 1 N–H and O–H groups in total. The van der Waals surface area contributed by atoms with Crippen LogP contribution in [0.2, 0.25) is 5.02 Å². The zero-order chi connectivity index (χ0) is 14.0. The summed E-state index contributed by atoms with van der Waals surface area (Å²) in [7, 11) is 0. The van der Waals surface area contributed by atoms with Gasteiger partial charge in [0.25, 0.3) is 0 Å². The maximum Gasteiger partial charge on any atom is 0.229 e. The highest BCUT2D eigenvalue weighted by molar-refractivity contribution is 6.33. The summed E-state index contributed by atoms with van der Waals surface area (Å²) in [5.74, 6) is -0.0869. The molecule has 0 aliphatic rings. The normalized spacial score (nSPS) is 11.4. The molecule has 0 fully saturated rings. The van der Waals surface area contributed by atoms with Crippen molar-refractivity contribution in [2.75, 3.05) is 5.32 Å². The molecule has 0 saturated heterocycles. The molecule has 5 nitrogen and oxygen atoms in total. The first kappa shape index (κ1) is 13.5. The van der Waals surface area contributed by atoms with E-state index >= 15 is 0 Å². The molecule has 0 aliphatic heterocycles. The van der Waals surface area contributed by atoms with Gasteiger partial charge in [-0.3, -0.25) is 4.79 Å². The first-order chi connectivity index (χ1) is 8.89. The Morgan fingerprint density at radius 2 is 2.11 bits per heavy atom. The van der Waals surface area contributed by atoms with Gasteiger partial charge >= 0.3 is 0 Å². The third kappa shape index (κ3) is 2.93. The Kier molecular flexibility index (Phi) is 3.57. The summed E-state index contributed by atoms with van der Waals surface area (Å²) in [6.45, 7) is 5.55. The molecule has 6 heteroatoms. The Morgan fingerprint density at radius 3 is 2.68 bits per heavy atom. The van der Waals surface area contributed by atoms with Crippen LogP contribution in [-0.4, -0.2) is 20.7 Å². The van der Waals surface area contributed by atoms with Crippen LogP contribution in [0.15, 0.2) is 30.9 Å². The van der Waals surface area contributed by atoms with Gasteiger partial charge in [0.2, 0.25) is 5.91 Å². The second kappa shape index (κ2) is 5.01. The Balaban J connectivity index is 2.42. The van der Waals surface area contributed by atoms with Crippen molar-refractivity contribution in [2.45, 2.75) is 20.8 Å². The van der Waals surface area contributed by atoms with Crippen LogP contribution in [0.4, 0.5) is 5.69 Å². The van der Waals surface area contributed by atoms with Gasteiger partial charge in [-0.05, 0) is 12.1 Å². The molecular formula is C13H15ClN4O. The zero-order valence-corrected chi connectivity index (χ0v) is 11.8. The molecule has 1 heterocycles. The number of rotatable bonds is 2. The van der Waals surface area contributed by atoms with E-state index in [-0.39, 0.29) is 5.91 Å². The Bertz CT molecular complexity index is 587. The SMILES string of the molecule is CC(C)(C)C(=O)Nc1cccc(Cl)c1-n1cncn1. The smallest absolute Gasteiger partial charge is 0.229 e. The second-order valence-electron chi connectivity index (χ2n) is 5.18. The van der Waals surface area contributed by atoms with E-state index in [0.29, 0.717) is 16.4 Å². The molecule has 0 atom stereocenters. The summed E-state index contributed by atoms with van der Waals surface area (Å²) >= 11 is 6.18. The summed E-state index contributed by atoms with van der Waals surface area (Å²) in [5, 5.41) is 7.41. The number of benzene rings is 1. The van der Waals surface area contributed by atoms with Crippen molar-refractivity contribution in [3.8, 4) is 5.69 Å². The van der Waals surface area contributed by atoms with Crippen molar-refractivity contribution in [1.29, 1.82) is 0 Å². The number of carbonyl (C=O) groups excluding carboxylic acids is 1. The molecule has 0 saturated carbocycles. The topological polar surface area (TPSA) is 59.8 Å². The average molecular weight is 279 g/mol. The highest BCUT2D eigenvalue weighted by Crippen LogP contribution is 2.29. The van der Waals surface area contributed by atoms with E-state index in [1.807, 2.05) is 20.8 Å². The minimum absolute atomic E-state index is 0.0869. The molecular weight excluding hydrogens is 264 g/mol. The van der Waals surface area contributed by atoms with Crippen LogP contribution in [0.5, 0.6) is 0 Å². The van der Waals surface area contributed by atoms with Gasteiger partial charge in [0.05, 0.1) is 10.7 Å². The average Bonchev–Trinajstić information content (AvgIpc) is 2.81. The van der Waals surface area contributed by atoms with Crippen molar-refractivity contribution in [2.24, 2.45) is 5.41 Å². The van der Waals surface area contributed by atoms with Gasteiger partial charge in [-0.15, -0.1) is 0 Å². The summed E-state index contributed by atoms with van der Waals surface area (Å²) in [6.07, 6.45) is 2.95. The van der Waals surface area contributed by atoms with Gasteiger partial charge in [0, 0.05) is 5.41 Å². The summed E-state index contributed by atoms with van der Waals surface area (Å²) in [6, 6.07) is 5.30. The van der Waals surface area contributed by atoms with E-state index in [0.717, 1.165) is 0 Å². The lowest BCUT2D eigenvalue weighted by molar-refractivity contribution is -0.123. The fraction of sp³-hybridized carbons (Fsp3) is 0.308. The second-order valence-corrected chi connectivity index (χ2v) is 5.59. The standard InChI is InChI=1S/C13H15ClN4O/c1-13(2,3)12(19)17-10-6-4-5-9(14)11(10)18-8-15-7-16-18/h4-8H,1-3H3,(H,17,19). The van der Waals surface area contributed by atoms with Gasteiger partial charge in [-0.25, -0.2) is 9.67 Å². The molecule has 2 aromatic rings. The third-order valence-corrected chi connectivity index (χ3v) is 2.87. The van der Waals surface area contributed by atoms with Crippen molar-refractivity contribution in [3.63, 3.8) is 0 Å². The first-order valence-electron chi connectivity index (χ1n) is 5.84. The summed E-state index contributed by atoms with van der Waals surface area (Å²) < 4.78 is 1.53. The summed E-state index contributed by atoms with van der Waals surface area (Å²) in [4.78, 5) is 16.0. The van der Waals surface area contributed by atoms with E-state index in [2.05, 4.69) is 15.4 Å². The number of nitrogens with one attached hydrogen (secondary N) is 1. The van der Waals surface area contributed by atoms with Crippen molar-refractivity contribution < 1.29 is 4.79 Å². The minimum atomic E-state index is -0.484. The highest BCUT2D eigenvalue weighted by atomic mass is 35.5. The lowest BCUT2D eigenvalue weighted by atomic mass is 9.95. The number of para-hydroxylation sites is 1. The van der Waals surface area contributed by atoms with Gasteiger partial charge < -0.3 is 5.32 Å². The van der Waals surface area contributed by atoms with Crippen LogP contribution in [0.3, 0.4) is 0 Å². The quantitative estimate of drug-likeness (QED) is 0.919. The number of hydrogen-bond donors (Lipinski definition) is 1. The zero-order valence-electron chi connectivity index (χ0n) is 11.0. The fourth-order valence-electron chi connectivity index (χ4n) is 1.48. The predicted octanol–water partition coefficient (Wildman–Crippen LogP) is 2.91. The van der Waals surface area contributed by atoms with Crippen molar-refractivity contribution in [1.82, 2.24) is 14.8 Å². The first-order valence-corrected chi connectivity index (χ1v) is 6.22. The van der Waals surface area contributed by atoms with Crippen molar-refractivity contribution in [3.05, 3.63) is 35.9 Å². The number of nitrogens with zero attached hydrogens (tertiary/aromatic N) is 3. The van der Waals surface area contributed by atoms with E-state index in [1.165, 1.54) is 17.3 Å². The van der Waals surface area contributed by atoms with Crippen LogP contribution in [0.1, 0.15) is 20.8 Å². The van der Waals surface area contributed by atoms with Crippen LogP contribution in [0, 0.1) is 5.41 Å². The third-order valence-electron chi connectivity index (χ3n) is 2.56. The number of aromatic nitrogens is 3. The molecule has 1 aromatic carbocycles. The molecule has 100 valence electrons. The predicted molar refractivity (Wildman–Crippen MR) is 74.5 cm³/mol. The number of hydrogen-bond acceptors (Lipinski definition) is 3. The van der Waals surface area contributed by atoms with Crippen molar-refractivity contribution >= 4 is 23.2 Å². The maximum atomic E-state index is 12.1. The lowest BCUT2D eigenvalue weighted by Gasteiger charge is -2.19. The number of anilines is 1. The molecule has 0 spiro atoms. The molecule has 19 heavy (non-hydrogen) atoms. The lowest BCUT2D eigenvalue weighted by Crippen LogP contribution is -2.28. The number of halogens is 1. The van der Waals surface area contributed by atoms with Crippen LogP contribution in [0.25, 0.3) is 5.69 Å². The molecule has 2 rings (SSSR count). The molecule has 1 aromatic heterocycles. The summed E-state index contributed by atoms with van der Waals surface area (Å²) in [5.41, 5.74) is 0.735. The Hall–Kier alpha value is -1.88. The van der Waals surface area contributed by atoms with Gasteiger partial charge in [-0.1, -0.05) is 38.4 Å². The number of amides is 1. The van der Waals surface area contributed by atoms with E-state index in [1.54, 1.807) is 18.2 Å². The van der Waals surface area contributed by atoms with Crippen LogP contribution >= 0.6 is 11.6 Å². The fourth-order valence-corrected chi connectivity index (χ4v) is 1.74. The van der Waals surface area contributed by atoms with Crippen LogP contribution < -0.4 is 5.32 Å². The molecule has 0 unspecified atom stereocenters. The molecule has 0 aliphatic carbocycles. The number of carbonyl (C=O) groups is 1. The highest BCUT2D eigenvalue weighted by Gasteiger charge is 2.23. The van der Waals surface area contributed by atoms with E-state index in [9.17, 15) is 4.79 Å². The van der Waals surface area contributed by atoms with Gasteiger partial charge in [0.1, 0.15) is 18.3 Å². The molecule has 0 radical (unpaired) electrons. The largest absolute Gasteiger partial charge is 0.324 e. The molecule has 1 amide bonds. The molecule has 0 bridgehead atoms. The van der Waals surface area contributed by atoms with Crippen LogP contribution in [-0.2, 0) is 4.79 Å². The monoisotopic (exact) mass is 278 g/mol.